The molecule has 0 heterocycles. The Hall–Kier alpha value is -2.20. The van der Waals surface area contributed by atoms with E-state index in [1.54, 1.807) is 24.3 Å². The van der Waals surface area contributed by atoms with E-state index in [0.29, 0.717) is 5.75 Å². The molecule has 2 aromatic carbocycles. The SMILES string of the molecule is CCN(c1ccccc1)C(C)OC(=O)Oc1ccccc1.Cl. The minimum absolute atomic E-state index is 0. The molecule has 0 amide bonds. The second kappa shape index (κ2) is 8.95. The number of hydrogen-bond acceptors (Lipinski definition) is 4. The summed E-state index contributed by atoms with van der Waals surface area (Å²) in [6, 6.07) is 18.7. The van der Waals surface area contributed by atoms with Crippen LogP contribution in [0.1, 0.15) is 13.8 Å². The van der Waals surface area contributed by atoms with Gasteiger partial charge in [0.15, 0.2) is 6.23 Å². The van der Waals surface area contributed by atoms with Gasteiger partial charge in [-0.25, -0.2) is 4.79 Å². The van der Waals surface area contributed by atoms with Gasteiger partial charge in [-0.05, 0) is 38.1 Å². The average Bonchev–Trinajstić information content (AvgIpc) is 2.50. The fraction of sp³-hybridized carbons (Fsp3) is 0.235. The molecule has 2 rings (SSSR count). The van der Waals surface area contributed by atoms with Crippen LogP contribution in [0, 0.1) is 0 Å². The van der Waals surface area contributed by atoms with E-state index in [4.69, 9.17) is 9.47 Å². The van der Waals surface area contributed by atoms with Gasteiger partial charge in [0.25, 0.3) is 0 Å². The smallest absolute Gasteiger partial charge is 0.410 e. The highest BCUT2D eigenvalue weighted by Gasteiger charge is 2.18. The lowest BCUT2D eigenvalue weighted by Gasteiger charge is -2.29. The Morgan fingerprint density at radius 1 is 1.05 bits per heavy atom. The molecule has 1 atom stereocenters. The second-order valence-corrected chi connectivity index (χ2v) is 4.50. The van der Waals surface area contributed by atoms with Crippen molar-refractivity contribution in [1.29, 1.82) is 0 Å². The molecule has 0 bridgehead atoms. The molecular weight excluding hydrogens is 302 g/mol. The van der Waals surface area contributed by atoms with Crippen LogP contribution >= 0.6 is 12.4 Å². The first-order valence-electron chi connectivity index (χ1n) is 6.96. The van der Waals surface area contributed by atoms with Crippen molar-refractivity contribution in [3.8, 4) is 5.75 Å². The van der Waals surface area contributed by atoms with E-state index >= 15 is 0 Å². The summed E-state index contributed by atoms with van der Waals surface area (Å²) in [6.07, 6.45) is -1.11. The number of ether oxygens (including phenoxy) is 2. The van der Waals surface area contributed by atoms with Crippen LogP contribution in [0.5, 0.6) is 5.75 Å². The molecule has 118 valence electrons. The van der Waals surface area contributed by atoms with Crippen LogP contribution in [0.3, 0.4) is 0 Å². The predicted molar refractivity (Wildman–Crippen MR) is 89.7 cm³/mol. The monoisotopic (exact) mass is 321 g/mol. The van der Waals surface area contributed by atoms with E-state index in [0.717, 1.165) is 12.2 Å². The van der Waals surface area contributed by atoms with E-state index in [-0.39, 0.29) is 12.4 Å². The number of anilines is 1. The third-order valence-electron chi connectivity index (χ3n) is 3.08. The molecule has 2 aromatic rings. The Labute approximate surface area is 137 Å². The standard InChI is InChI=1S/C17H19NO3.ClH/c1-3-18(15-10-6-4-7-11-15)14(2)20-17(19)21-16-12-8-5-9-13-16;/h4-14H,3H2,1-2H3;1H. The highest BCUT2D eigenvalue weighted by Crippen LogP contribution is 2.17. The van der Waals surface area contributed by atoms with Crippen molar-refractivity contribution in [2.45, 2.75) is 20.1 Å². The molecule has 4 nitrogen and oxygen atoms in total. The van der Waals surface area contributed by atoms with Crippen LogP contribution in [0.2, 0.25) is 0 Å². The molecule has 1 unspecified atom stereocenters. The summed E-state index contributed by atoms with van der Waals surface area (Å²) in [5, 5.41) is 0. The molecule has 0 N–H and O–H groups in total. The van der Waals surface area contributed by atoms with Crippen molar-refractivity contribution in [2.75, 3.05) is 11.4 Å². The largest absolute Gasteiger partial charge is 0.515 e. The van der Waals surface area contributed by atoms with Gasteiger partial charge in [0.05, 0.1) is 0 Å². The molecule has 5 heteroatoms. The van der Waals surface area contributed by atoms with Gasteiger partial charge in [-0.2, -0.15) is 0 Å². The Bertz CT molecular complexity index is 563. The molecule has 0 fully saturated rings. The maximum atomic E-state index is 11.8. The first kappa shape index (κ1) is 17.9. The Balaban J connectivity index is 0.00000242. The van der Waals surface area contributed by atoms with E-state index in [9.17, 15) is 4.79 Å². The number of carbonyl (C=O) groups excluding carboxylic acids is 1. The first-order chi connectivity index (χ1) is 10.2. The van der Waals surface area contributed by atoms with Gasteiger partial charge in [-0.3, -0.25) is 0 Å². The summed E-state index contributed by atoms with van der Waals surface area (Å²) in [5.74, 6) is 0.470. The summed E-state index contributed by atoms with van der Waals surface area (Å²) in [7, 11) is 0. The van der Waals surface area contributed by atoms with Crippen LogP contribution < -0.4 is 9.64 Å². The lowest BCUT2D eigenvalue weighted by Crippen LogP contribution is -2.37. The fourth-order valence-electron chi connectivity index (χ4n) is 2.08. The number of carbonyl (C=O) groups is 1. The van der Waals surface area contributed by atoms with Gasteiger partial charge in [0.2, 0.25) is 0 Å². The van der Waals surface area contributed by atoms with Crippen molar-refractivity contribution in [3.63, 3.8) is 0 Å². The number of benzene rings is 2. The summed E-state index contributed by atoms with van der Waals surface area (Å²) < 4.78 is 10.5. The maximum absolute atomic E-state index is 11.8. The van der Waals surface area contributed by atoms with Crippen molar-refractivity contribution >= 4 is 24.2 Å². The summed E-state index contributed by atoms with van der Waals surface area (Å²) in [5.41, 5.74) is 1.00. The predicted octanol–water partition coefficient (Wildman–Crippen LogP) is 4.50. The third kappa shape index (κ3) is 4.97. The number of nitrogens with zero attached hydrogens (tertiary/aromatic N) is 1. The van der Waals surface area contributed by atoms with Gasteiger partial charge in [-0.15, -0.1) is 12.4 Å². The van der Waals surface area contributed by atoms with Crippen LogP contribution in [-0.2, 0) is 4.74 Å². The molecule has 0 aliphatic carbocycles. The Morgan fingerprint density at radius 2 is 1.59 bits per heavy atom. The van der Waals surface area contributed by atoms with Gasteiger partial charge in [0, 0.05) is 12.2 Å². The quantitative estimate of drug-likeness (QED) is 0.462. The Morgan fingerprint density at radius 3 is 2.14 bits per heavy atom. The van der Waals surface area contributed by atoms with Gasteiger partial charge in [-0.1, -0.05) is 36.4 Å². The van der Waals surface area contributed by atoms with Crippen LogP contribution in [-0.4, -0.2) is 18.9 Å². The Kier molecular flexibility index (Phi) is 7.26. The molecule has 0 saturated carbocycles. The van der Waals surface area contributed by atoms with Gasteiger partial charge >= 0.3 is 6.16 Å². The zero-order valence-electron chi connectivity index (χ0n) is 12.6. The van der Waals surface area contributed by atoms with Crippen molar-refractivity contribution in [2.24, 2.45) is 0 Å². The topological polar surface area (TPSA) is 38.8 Å². The summed E-state index contributed by atoms with van der Waals surface area (Å²) in [4.78, 5) is 13.8. The first-order valence-corrected chi connectivity index (χ1v) is 6.96. The second-order valence-electron chi connectivity index (χ2n) is 4.50. The van der Waals surface area contributed by atoms with Gasteiger partial charge < -0.3 is 14.4 Å². The minimum Gasteiger partial charge on any atom is -0.410 e. The molecular formula is C17H20ClNO3. The maximum Gasteiger partial charge on any atom is 0.515 e. The summed E-state index contributed by atoms with van der Waals surface area (Å²) >= 11 is 0. The van der Waals surface area contributed by atoms with Crippen LogP contribution in [0.15, 0.2) is 60.7 Å². The minimum atomic E-state index is -0.705. The molecule has 0 aliphatic heterocycles. The molecule has 0 radical (unpaired) electrons. The van der Waals surface area contributed by atoms with Crippen LogP contribution in [0.4, 0.5) is 10.5 Å². The van der Waals surface area contributed by atoms with Crippen LogP contribution in [0.25, 0.3) is 0 Å². The highest BCUT2D eigenvalue weighted by molar-refractivity contribution is 5.85. The zero-order chi connectivity index (χ0) is 15.1. The molecule has 0 spiro atoms. The van der Waals surface area contributed by atoms with Crippen molar-refractivity contribution in [1.82, 2.24) is 0 Å². The zero-order valence-corrected chi connectivity index (χ0v) is 13.5. The molecule has 0 aromatic heterocycles. The lowest BCUT2D eigenvalue weighted by molar-refractivity contribution is 0.0645. The average molecular weight is 322 g/mol. The molecule has 0 saturated heterocycles. The molecule has 0 aliphatic rings. The van der Waals surface area contributed by atoms with Crippen molar-refractivity contribution in [3.05, 3.63) is 60.7 Å². The van der Waals surface area contributed by atoms with Gasteiger partial charge in [0.1, 0.15) is 5.75 Å². The molecule has 22 heavy (non-hydrogen) atoms. The van der Waals surface area contributed by atoms with E-state index < -0.39 is 12.4 Å². The fourth-order valence-corrected chi connectivity index (χ4v) is 2.08. The van der Waals surface area contributed by atoms with E-state index in [1.165, 1.54) is 0 Å². The normalized spacial score (nSPS) is 11.0. The van der Waals surface area contributed by atoms with Crippen molar-refractivity contribution < 1.29 is 14.3 Å². The number of para-hydroxylation sites is 2. The number of halogens is 1. The summed E-state index contributed by atoms with van der Waals surface area (Å²) in [6.45, 7) is 4.56. The highest BCUT2D eigenvalue weighted by atomic mass is 35.5. The van der Waals surface area contributed by atoms with E-state index in [1.807, 2.05) is 55.1 Å². The number of rotatable bonds is 5. The third-order valence-corrected chi connectivity index (χ3v) is 3.08. The number of hydrogen-bond donors (Lipinski definition) is 0. The van der Waals surface area contributed by atoms with E-state index in [2.05, 4.69) is 0 Å². The lowest BCUT2D eigenvalue weighted by atomic mass is 10.3.